The molecule has 130 valence electrons. The highest BCUT2D eigenvalue weighted by molar-refractivity contribution is 6.30. The van der Waals surface area contributed by atoms with E-state index in [2.05, 4.69) is 21.7 Å². The SMILES string of the molecule is Nc1ccc(C#CCCN2CCCCC2Oc2ccc(Cl)cc2)nc1. The van der Waals surface area contributed by atoms with Crippen LogP contribution in [0.1, 0.15) is 31.4 Å². The van der Waals surface area contributed by atoms with Crippen LogP contribution in [0.2, 0.25) is 5.02 Å². The summed E-state index contributed by atoms with van der Waals surface area (Å²) in [5, 5.41) is 0.722. The summed E-state index contributed by atoms with van der Waals surface area (Å²) in [6, 6.07) is 11.2. The lowest BCUT2D eigenvalue weighted by molar-refractivity contribution is -0.00224. The third-order valence-corrected chi connectivity index (χ3v) is 4.42. The third kappa shape index (κ3) is 5.38. The van der Waals surface area contributed by atoms with Crippen molar-refractivity contribution in [3.8, 4) is 17.6 Å². The molecular weight excluding hydrogens is 334 g/mol. The maximum atomic E-state index is 6.14. The summed E-state index contributed by atoms with van der Waals surface area (Å²) in [4.78, 5) is 6.56. The first-order valence-electron chi connectivity index (χ1n) is 8.57. The molecular formula is C20H22ClN3O. The number of piperidine rings is 1. The molecule has 1 aromatic heterocycles. The molecule has 2 N–H and O–H groups in total. The van der Waals surface area contributed by atoms with Crippen molar-refractivity contribution in [3.05, 3.63) is 53.3 Å². The van der Waals surface area contributed by atoms with Crippen LogP contribution >= 0.6 is 11.6 Å². The normalized spacial score (nSPS) is 17.6. The topological polar surface area (TPSA) is 51.4 Å². The zero-order valence-electron chi connectivity index (χ0n) is 14.1. The number of aromatic nitrogens is 1. The molecule has 4 nitrogen and oxygen atoms in total. The molecule has 1 saturated heterocycles. The number of benzene rings is 1. The number of likely N-dealkylation sites (tertiary alicyclic amines) is 1. The quantitative estimate of drug-likeness (QED) is 0.844. The highest BCUT2D eigenvalue weighted by Crippen LogP contribution is 2.23. The number of nitrogens with two attached hydrogens (primary N) is 1. The van der Waals surface area contributed by atoms with Gasteiger partial charge in [0.25, 0.3) is 0 Å². The molecule has 0 amide bonds. The average Bonchev–Trinajstić information content (AvgIpc) is 2.63. The largest absolute Gasteiger partial charge is 0.475 e. The summed E-state index contributed by atoms with van der Waals surface area (Å²) in [7, 11) is 0. The summed E-state index contributed by atoms with van der Waals surface area (Å²) in [6.45, 7) is 1.93. The second-order valence-corrected chi connectivity index (χ2v) is 6.52. The number of anilines is 1. The number of halogens is 1. The van der Waals surface area contributed by atoms with Gasteiger partial charge in [-0.1, -0.05) is 17.5 Å². The Kier molecular flexibility index (Phi) is 6.16. The summed E-state index contributed by atoms with van der Waals surface area (Å²) in [5.74, 6) is 7.14. The average molecular weight is 356 g/mol. The maximum Gasteiger partial charge on any atom is 0.152 e. The molecule has 0 bridgehead atoms. The van der Waals surface area contributed by atoms with Crippen LogP contribution in [-0.2, 0) is 0 Å². The molecule has 5 heteroatoms. The summed E-state index contributed by atoms with van der Waals surface area (Å²) in [5.41, 5.74) is 7.03. The van der Waals surface area contributed by atoms with Crippen LogP contribution in [0.3, 0.4) is 0 Å². The van der Waals surface area contributed by atoms with E-state index in [1.54, 1.807) is 6.20 Å². The van der Waals surface area contributed by atoms with Gasteiger partial charge in [0, 0.05) is 24.5 Å². The first-order valence-corrected chi connectivity index (χ1v) is 8.95. The van der Waals surface area contributed by atoms with Crippen molar-refractivity contribution >= 4 is 17.3 Å². The Balaban J connectivity index is 1.54. The molecule has 3 rings (SSSR count). The van der Waals surface area contributed by atoms with Crippen molar-refractivity contribution in [1.29, 1.82) is 0 Å². The highest BCUT2D eigenvalue weighted by Gasteiger charge is 2.23. The van der Waals surface area contributed by atoms with Crippen LogP contribution in [0.15, 0.2) is 42.6 Å². The fraction of sp³-hybridized carbons (Fsp3) is 0.350. The first-order chi connectivity index (χ1) is 12.2. The number of ether oxygens (including phenoxy) is 1. The molecule has 1 unspecified atom stereocenters. The Bertz CT molecular complexity index is 734. The second kappa shape index (κ2) is 8.75. The molecule has 25 heavy (non-hydrogen) atoms. The van der Waals surface area contributed by atoms with E-state index >= 15 is 0 Å². The van der Waals surface area contributed by atoms with Gasteiger partial charge in [0.05, 0.1) is 11.9 Å². The first kappa shape index (κ1) is 17.6. The molecule has 0 spiro atoms. The monoisotopic (exact) mass is 355 g/mol. The summed E-state index contributed by atoms with van der Waals surface area (Å²) < 4.78 is 6.14. The van der Waals surface area contributed by atoms with Crippen molar-refractivity contribution in [2.45, 2.75) is 31.9 Å². The minimum Gasteiger partial charge on any atom is -0.475 e. The van der Waals surface area contributed by atoms with E-state index in [9.17, 15) is 0 Å². The van der Waals surface area contributed by atoms with Crippen LogP contribution in [0, 0.1) is 11.8 Å². The van der Waals surface area contributed by atoms with E-state index in [1.807, 2.05) is 36.4 Å². The lowest BCUT2D eigenvalue weighted by atomic mass is 10.1. The molecule has 2 aromatic rings. The standard InChI is InChI=1S/C20H22ClN3O/c21-16-7-11-19(12-8-16)25-20-6-2-4-14-24(20)13-3-1-5-18-10-9-17(22)15-23-18/h7-12,15,20H,2-4,6,13-14,22H2. The van der Waals surface area contributed by atoms with Gasteiger partial charge >= 0.3 is 0 Å². The van der Waals surface area contributed by atoms with E-state index in [0.717, 1.165) is 42.4 Å². The third-order valence-electron chi connectivity index (χ3n) is 4.17. The molecule has 0 aliphatic carbocycles. The van der Waals surface area contributed by atoms with Gasteiger partial charge in [0.2, 0.25) is 0 Å². The minimum atomic E-state index is 0.103. The lowest BCUT2D eigenvalue weighted by Gasteiger charge is -2.35. The number of nitrogens with zero attached hydrogens (tertiary/aromatic N) is 2. The minimum absolute atomic E-state index is 0.103. The lowest BCUT2D eigenvalue weighted by Crippen LogP contribution is -2.43. The van der Waals surface area contributed by atoms with E-state index < -0.39 is 0 Å². The maximum absolute atomic E-state index is 6.14. The Morgan fingerprint density at radius 2 is 2.04 bits per heavy atom. The Morgan fingerprint density at radius 1 is 1.20 bits per heavy atom. The molecule has 1 aromatic carbocycles. The summed E-state index contributed by atoms with van der Waals surface area (Å²) >= 11 is 5.93. The van der Waals surface area contributed by atoms with Crippen molar-refractivity contribution in [2.24, 2.45) is 0 Å². The van der Waals surface area contributed by atoms with E-state index in [-0.39, 0.29) is 6.23 Å². The second-order valence-electron chi connectivity index (χ2n) is 6.09. The van der Waals surface area contributed by atoms with Crippen LogP contribution in [0.25, 0.3) is 0 Å². The van der Waals surface area contributed by atoms with E-state index in [1.165, 1.54) is 12.8 Å². The molecule has 0 saturated carbocycles. The van der Waals surface area contributed by atoms with Crippen molar-refractivity contribution in [2.75, 3.05) is 18.8 Å². The molecule has 1 atom stereocenters. The molecule has 1 fully saturated rings. The zero-order chi connectivity index (χ0) is 17.5. The predicted molar refractivity (Wildman–Crippen MR) is 101 cm³/mol. The summed E-state index contributed by atoms with van der Waals surface area (Å²) in [6.07, 6.45) is 5.95. The predicted octanol–water partition coefficient (Wildman–Crippen LogP) is 3.95. The van der Waals surface area contributed by atoms with Gasteiger partial charge in [-0.25, -0.2) is 4.98 Å². The van der Waals surface area contributed by atoms with Crippen LogP contribution < -0.4 is 10.5 Å². The van der Waals surface area contributed by atoms with Gasteiger partial charge in [-0.3, -0.25) is 4.90 Å². The van der Waals surface area contributed by atoms with Crippen molar-refractivity contribution in [3.63, 3.8) is 0 Å². The van der Waals surface area contributed by atoms with Gasteiger partial charge < -0.3 is 10.5 Å². The van der Waals surface area contributed by atoms with E-state index in [0.29, 0.717) is 5.69 Å². The van der Waals surface area contributed by atoms with Crippen LogP contribution in [0.4, 0.5) is 5.69 Å². The zero-order valence-corrected chi connectivity index (χ0v) is 14.9. The number of nitrogen functional groups attached to an aromatic ring is 1. The molecule has 0 radical (unpaired) electrons. The highest BCUT2D eigenvalue weighted by atomic mass is 35.5. The number of hydrogen-bond acceptors (Lipinski definition) is 4. The van der Waals surface area contributed by atoms with Gasteiger partial charge in [-0.2, -0.15) is 0 Å². The van der Waals surface area contributed by atoms with Gasteiger partial charge in [-0.05, 0) is 61.6 Å². The smallest absolute Gasteiger partial charge is 0.152 e. The number of rotatable bonds is 4. The Hall–Kier alpha value is -2.22. The van der Waals surface area contributed by atoms with Gasteiger partial charge in [0.1, 0.15) is 11.4 Å². The Labute approximate surface area is 154 Å². The van der Waals surface area contributed by atoms with Crippen LogP contribution in [-0.4, -0.2) is 29.2 Å². The van der Waals surface area contributed by atoms with Crippen LogP contribution in [0.5, 0.6) is 5.75 Å². The number of pyridine rings is 1. The van der Waals surface area contributed by atoms with Gasteiger partial charge in [-0.15, -0.1) is 0 Å². The van der Waals surface area contributed by atoms with Crippen molar-refractivity contribution < 1.29 is 4.74 Å². The van der Waals surface area contributed by atoms with Crippen molar-refractivity contribution in [1.82, 2.24) is 9.88 Å². The fourth-order valence-electron chi connectivity index (χ4n) is 2.85. The Morgan fingerprint density at radius 3 is 2.80 bits per heavy atom. The van der Waals surface area contributed by atoms with Gasteiger partial charge in [0.15, 0.2) is 6.23 Å². The molecule has 1 aliphatic heterocycles. The fourth-order valence-corrected chi connectivity index (χ4v) is 2.98. The molecule has 1 aliphatic rings. The van der Waals surface area contributed by atoms with E-state index in [4.69, 9.17) is 22.1 Å². The molecule has 2 heterocycles. The number of hydrogen-bond donors (Lipinski definition) is 1.